The molecule has 0 bridgehead atoms. The molecule has 1 aromatic carbocycles. The molecule has 0 aliphatic carbocycles. The van der Waals surface area contributed by atoms with Crippen molar-refractivity contribution >= 4 is 0 Å². The average Bonchev–Trinajstić information content (AvgIpc) is 2.80. The molecular formula is C25H36O8. The van der Waals surface area contributed by atoms with Crippen LogP contribution in [0.4, 0.5) is 0 Å². The summed E-state index contributed by atoms with van der Waals surface area (Å²) < 4.78 is 41.3. The van der Waals surface area contributed by atoms with Gasteiger partial charge in [0.05, 0.1) is 43.7 Å². The van der Waals surface area contributed by atoms with Gasteiger partial charge in [0.15, 0.2) is 18.9 Å². The minimum atomic E-state index is -0.594. The number of ether oxygens (including phenoxy) is 7. The summed E-state index contributed by atoms with van der Waals surface area (Å²) in [5.74, 6) is 1.54. The Morgan fingerprint density at radius 3 is 1.97 bits per heavy atom. The van der Waals surface area contributed by atoms with Crippen LogP contribution in [0.1, 0.15) is 46.5 Å². The first-order valence-corrected chi connectivity index (χ1v) is 11.9. The van der Waals surface area contributed by atoms with E-state index in [1.807, 2.05) is 45.0 Å². The highest BCUT2D eigenvalue weighted by Gasteiger charge is 2.37. The smallest absolute Gasteiger partial charge is 0.200 e. The minimum Gasteiger partial charge on any atom is -0.497 e. The molecule has 0 spiro atoms. The van der Waals surface area contributed by atoms with Crippen LogP contribution in [-0.4, -0.2) is 67.7 Å². The van der Waals surface area contributed by atoms with Crippen LogP contribution in [0.2, 0.25) is 0 Å². The maximum absolute atomic E-state index is 9.74. The van der Waals surface area contributed by atoms with E-state index in [4.69, 9.17) is 33.2 Å². The van der Waals surface area contributed by atoms with Crippen molar-refractivity contribution in [3.63, 3.8) is 0 Å². The van der Waals surface area contributed by atoms with Gasteiger partial charge in [-0.05, 0) is 64.0 Å². The van der Waals surface area contributed by atoms with Crippen molar-refractivity contribution in [2.24, 2.45) is 0 Å². The summed E-state index contributed by atoms with van der Waals surface area (Å²) in [5.41, 5.74) is 0. The Morgan fingerprint density at radius 2 is 1.33 bits per heavy atom. The Hall–Kier alpha value is -1.68. The molecule has 4 rings (SSSR count). The van der Waals surface area contributed by atoms with Crippen LogP contribution in [0.5, 0.6) is 11.5 Å². The molecule has 0 amide bonds. The zero-order valence-electron chi connectivity index (χ0n) is 19.8. The summed E-state index contributed by atoms with van der Waals surface area (Å²) in [4.78, 5) is 0. The van der Waals surface area contributed by atoms with Gasteiger partial charge in [0, 0.05) is 12.8 Å². The lowest BCUT2D eigenvalue weighted by Crippen LogP contribution is -2.47. The lowest BCUT2D eigenvalue weighted by atomic mass is 10.0. The van der Waals surface area contributed by atoms with Gasteiger partial charge in [-0.25, -0.2) is 0 Å². The Kier molecular flexibility index (Phi) is 8.27. The molecule has 0 saturated carbocycles. The van der Waals surface area contributed by atoms with Crippen LogP contribution < -0.4 is 9.47 Å². The summed E-state index contributed by atoms with van der Waals surface area (Å²) in [7, 11) is 1.64. The van der Waals surface area contributed by atoms with Gasteiger partial charge in [0.2, 0.25) is 0 Å². The number of benzene rings is 1. The van der Waals surface area contributed by atoms with Crippen LogP contribution in [0, 0.1) is 0 Å². The van der Waals surface area contributed by atoms with Crippen LogP contribution in [0.15, 0.2) is 36.4 Å². The summed E-state index contributed by atoms with van der Waals surface area (Å²) >= 11 is 0. The molecule has 184 valence electrons. The highest BCUT2D eigenvalue weighted by atomic mass is 16.7. The molecule has 0 radical (unpaired) electrons. The highest BCUT2D eigenvalue weighted by Crippen LogP contribution is 2.31. The second kappa shape index (κ2) is 11.2. The maximum atomic E-state index is 9.74. The van der Waals surface area contributed by atoms with Gasteiger partial charge < -0.3 is 38.3 Å². The summed E-state index contributed by atoms with van der Waals surface area (Å²) in [6, 6.07) is 7.49. The quantitative estimate of drug-likeness (QED) is 0.614. The van der Waals surface area contributed by atoms with E-state index in [1.54, 1.807) is 19.3 Å². The van der Waals surface area contributed by atoms with E-state index in [1.165, 1.54) is 0 Å². The van der Waals surface area contributed by atoms with Crippen molar-refractivity contribution in [1.82, 2.24) is 0 Å². The largest absolute Gasteiger partial charge is 0.497 e. The Morgan fingerprint density at radius 1 is 0.727 bits per heavy atom. The number of hydrogen-bond acceptors (Lipinski definition) is 8. The van der Waals surface area contributed by atoms with Gasteiger partial charge in [0.1, 0.15) is 11.5 Å². The molecular weight excluding hydrogens is 428 g/mol. The van der Waals surface area contributed by atoms with E-state index in [0.29, 0.717) is 0 Å². The summed E-state index contributed by atoms with van der Waals surface area (Å²) in [6.45, 7) is 5.83. The first kappa shape index (κ1) is 24.4. The van der Waals surface area contributed by atoms with Crippen molar-refractivity contribution in [2.45, 2.75) is 102 Å². The molecule has 2 saturated heterocycles. The van der Waals surface area contributed by atoms with Crippen molar-refractivity contribution in [3.05, 3.63) is 36.4 Å². The molecule has 0 aromatic heterocycles. The van der Waals surface area contributed by atoms with Gasteiger partial charge in [-0.2, -0.15) is 0 Å². The lowest BCUT2D eigenvalue weighted by molar-refractivity contribution is -0.288. The zero-order valence-corrected chi connectivity index (χ0v) is 19.8. The maximum Gasteiger partial charge on any atom is 0.200 e. The molecule has 8 nitrogen and oxygen atoms in total. The number of hydrogen-bond donors (Lipinski definition) is 1. The molecule has 1 aromatic rings. The highest BCUT2D eigenvalue weighted by molar-refractivity contribution is 5.31. The van der Waals surface area contributed by atoms with Crippen LogP contribution >= 0.6 is 0 Å². The fourth-order valence-electron chi connectivity index (χ4n) is 4.35. The van der Waals surface area contributed by atoms with Crippen molar-refractivity contribution in [1.29, 1.82) is 0 Å². The van der Waals surface area contributed by atoms with Crippen LogP contribution in [-0.2, 0) is 23.7 Å². The monoisotopic (exact) mass is 464 g/mol. The standard InChI is InChI=1S/C25H36O8/c1-15-20(26)9-12-24(28-15)32-22-11-14-25(30-17(22)3)33-21-10-13-23(29-16(21)2)31-19-7-5-18(27-4)6-8-19/h5-9,12,15-17,20-26H,10-11,13-14H2,1-4H3/t15-,16-,17-,20?,21-,22-,23-,24-,25-/m0/s1. The van der Waals surface area contributed by atoms with Crippen LogP contribution in [0.25, 0.3) is 0 Å². The average molecular weight is 465 g/mol. The summed E-state index contributed by atoms with van der Waals surface area (Å²) in [6.07, 6.45) is 4.25. The molecule has 3 aliphatic heterocycles. The van der Waals surface area contributed by atoms with E-state index in [0.717, 1.165) is 37.2 Å². The van der Waals surface area contributed by atoms with Crippen molar-refractivity contribution < 1.29 is 38.3 Å². The molecule has 8 heteroatoms. The zero-order chi connectivity index (χ0) is 23.4. The van der Waals surface area contributed by atoms with Crippen molar-refractivity contribution in [2.75, 3.05) is 7.11 Å². The number of aliphatic hydroxyl groups is 1. The third kappa shape index (κ3) is 6.47. The molecule has 33 heavy (non-hydrogen) atoms. The predicted octanol–water partition coefficient (Wildman–Crippen LogP) is 3.56. The van der Waals surface area contributed by atoms with Gasteiger partial charge in [-0.3, -0.25) is 0 Å². The lowest BCUT2D eigenvalue weighted by Gasteiger charge is -2.40. The molecule has 1 N–H and O–H groups in total. The minimum absolute atomic E-state index is 0.0534. The fourth-order valence-corrected chi connectivity index (χ4v) is 4.35. The molecule has 1 unspecified atom stereocenters. The van der Waals surface area contributed by atoms with Gasteiger partial charge in [0.25, 0.3) is 0 Å². The SMILES string of the molecule is COc1ccc(O[C@H]2CC[C@H](O[C@H]3CC[C@H](O[C@H]4C=CC(O)[C@H](C)O4)[C@H](C)O3)[C@H](C)O2)cc1. The van der Waals surface area contributed by atoms with Gasteiger partial charge >= 0.3 is 0 Å². The van der Waals surface area contributed by atoms with E-state index in [9.17, 15) is 5.11 Å². The second-order valence-corrected chi connectivity index (χ2v) is 8.92. The number of methoxy groups -OCH3 is 1. The molecule has 2 fully saturated rings. The fraction of sp³-hybridized carbons (Fsp3) is 0.680. The van der Waals surface area contributed by atoms with E-state index in [-0.39, 0.29) is 43.1 Å². The third-order valence-corrected chi connectivity index (χ3v) is 6.41. The van der Waals surface area contributed by atoms with E-state index >= 15 is 0 Å². The second-order valence-electron chi connectivity index (χ2n) is 8.92. The first-order chi connectivity index (χ1) is 15.9. The number of aliphatic hydroxyl groups excluding tert-OH is 1. The predicted molar refractivity (Wildman–Crippen MR) is 120 cm³/mol. The number of rotatable bonds is 7. The van der Waals surface area contributed by atoms with Crippen LogP contribution in [0.3, 0.4) is 0 Å². The normalized spacial score (nSPS) is 39.2. The Bertz CT molecular complexity index is 768. The molecule has 9 atom stereocenters. The summed E-state index contributed by atoms with van der Waals surface area (Å²) in [5, 5.41) is 9.74. The van der Waals surface area contributed by atoms with Gasteiger partial charge in [-0.1, -0.05) is 6.08 Å². The van der Waals surface area contributed by atoms with E-state index in [2.05, 4.69) is 0 Å². The van der Waals surface area contributed by atoms with E-state index < -0.39 is 12.4 Å². The van der Waals surface area contributed by atoms with Crippen molar-refractivity contribution in [3.8, 4) is 11.5 Å². The third-order valence-electron chi connectivity index (χ3n) is 6.41. The first-order valence-electron chi connectivity index (χ1n) is 11.9. The molecule has 3 aliphatic rings. The topological polar surface area (TPSA) is 84.8 Å². The Balaban J connectivity index is 1.20. The Labute approximate surface area is 195 Å². The molecule has 3 heterocycles. The van der Waals surface area contributed by atoms with Gasteiger partial charge in [-0.15, -0.1) is 0 Å².